The van der Waals surface area contributed by atoms with Gasteiger partial charge in [0, 0.05) is 30.2 Å². The Labute approximate surface area is 165 Å². The van der Waals surface area contributed by atoms with Gasteiger partial charge in [0.15, 0.2) is 0 Å². The van der Waals surface area contributed by atoms with Gasteiger partial charge in [-0.25, -0.2) is 0 Å². The lowest BCUT2D eigenvalue weighted by Gasteiger charge is -2.36. The SMILES string of the molecule is CCNC(=O)c1ccc(C)c(NC(=O)C2(n3cccn3)CCNCC2)c1.Cl. The lowest BCUT2D eigenvalue weighted by molar-refractivity contribution is -0.126. The highest BCUT2D eigenvalue weighted by Gasteiger charge is 2.42. The Morgan fingerprint density at radius 3 is 2.67 bits per heavy atom. The quantitative estimate of drug-likeness (QED) is 0.728. The lowest BCUT2D eigenvalue weighted by atomic mass is 9.87. The number of benzene rings is 1. The van der Waals surface area contributed by atoms with E-state index in [2.05, 4.69) is 21.0 Å². The number of piperidine rings is 1. The first-order valence-electron chi connectivity index (χ1n) is 8.98. The first kappa shape index (κ1) is 20.9. The summed E-state index contributed by atoms with van der Waals surface area (Å²) in [5.74, 6) is -0.245. The smallest absolute Gasteiger partial charge is 0.252 e. The topological polar surface area (TPSA) is 88.1 Å². The van der Waals surface area contributed by atoms with Crippen molar-refractivity contribution in [2.24, 2.45) is 0 Å². The second kappa shape index (κ2) is 9.01. The number of aryl methyl sites for hydroxylation is 1. The van der Waals surface area contributed by atoms with Crippen molar-refractivity contribution >= 4 is 29.9 Å². The first-order chi connectivity index (χ1) is 12.6. The fourth-order valence-corrected chi connectivity index (χ4v) is 3.32. The number of halogens is 1. The molecule has 2 amide bonds. The van der Waals surface area contributed by atoms with Gasteiger partial charge in [0.2, 0.25) is 0 Å². The predicted octanol–water partition coefficient (Wildman–Crippen LogP) is 2.08. The number of rotatable bonds is 5. The van der Waals surface area contributed by atoms with E-state index < -0.39 is 5.54 Å². The van der Waals surface area contributed by atoms with Crippen LogP contribution in [-0.2, 0) is 10.3 Å². The summed E-state index contributed by atoms with van der Waals surface area (Å²) in [4.78, 5) is 25.3. The number of nitrogens with one attached hydrogen (secondary N) is 3. The maximum atomic E-state index is 13.2. The molecule has 0 unspecified atom stereocenters. The third-order valence-corrected chi connectivity index (χ3v) is 4.88. The molecular weight excluding hydrogens is 366 g/mol. The number of amides is 2. The van der Waals surface area contributed by atoms with Crippen molar-refractivity contribution in [1.29, 1.82) is 0 Å². The summed E-state index contributed by atoms with van der Waals surface area (Å²) in [5.41, 5.74) is 1.38. The molecule has 1 aliphatic heterocycles. The zero-order chi connectivity index (χ0) is 18.6. The van der Waals surface area contributed by atoms with Crippen LogP contribution in [0.1, 0.15) is 35.7 Å². The largest absolute Gasteiger partial charge is 0.352 e. The number of nitrogens with zero attached hydrogens (tertiary/aromatic N) is 2. The van der Waals surface area contributed by atoms with Gasteiger partial charge in [-0.15, -0.1) is 12.4 Å². The molecule has 0 bridgehead atoms. The highest BCUT2D eigenvalue weighted by Crippen LogP contribution is 2.29. The zero-order valence-corrected chi connectivity index (χ0v) is 16.4. The summed E-state index contributed by atoms with van der Waals surface area (Å²) in [7, 11) is 0. The molecule has 1 aromatic carbocycles. The molecule has 146 valence electrons. The zero-order valence-electron chi connectivity index (χ0n) is 15.6. The van der Waals surface area contributed by atoms with E-state index in [0.29, 0.717) is 30.6 Å². The Kier molecular flexibility index (Phi) is 6.98. The number of anilines is 1. The minimum Gasteiger partial charge on any atom is -0.352 e. The summed E-state index contributed by atoms with van der Waals surface area (Å²) < 4.78 is 1.76. The Hall–Kier alpha value is -2.38. The molecule has 1 aromatic heterocycles. The van der Waals surface area contributed by atoms with Crippen LogP contribution in [0.15, 0.2) is 36.7 Å². The van der Waals surface area contributed by atoms with Crippen molar-refractivity contribution in [2.45, 2.75) is 32.2 Å². The van der Waals surface area contributed by atoms with Gasteiger partial charge >= 0.3 is 0 Å². The van der Waals surface area contributed by atoms with Crippen molar-refractivity contribution < 1.29 is 9.59 Å². The van der Waals surface area contributed by atoms with Gasteiger partial charge in [0.25, 0.3) is 11.8 Å². The molecule has 1 fully saturated rings. The molecule has 2 heterocycles. The first-order valence-corrected chi connectivity index (χ1v) is 8.98. The highest BCUT2D eigenvalue weighted by molar-refractivity contribution is 6.00. The summed E-state index contributed by atoms with van der Waals surface area (Å²) >= 11 is 0. The highest BCUT2D eigenvalue weighted by atomic mass is 35.5. The van der Waals surface area contributed by atoms with Gasteiger partial charge in [-0.1, -0.05) is 6.07 Å². The number of carbonyl (C=O) groups excluding carboxylic acids is 2. The van der Waals surface area contributed by atoms with Crippen LogP contribution in [0, 0.1) is 6.92 Å². The number of hydrogen-bond donors (Lipinski definition) is 3. The minimum atomic E-state index is -0.719. The van der Waals surface area contributed by atoms with E-state index in [9.17, 15) is 9.59 Å². The average molecular weight is 392 g/mol. The standard InChI is InChI=1S/C19H25N5O2.ClH/c1-3-21-17(25)15-6-5-14(2)16(13-15)23-18(26)19(7-10-20-11-8-19)24-12-4-9-22-24;/h4-6,9,12-13,20H,3,7-8,10-11H2,1-2H3,(H,21,25)(H,23,26);1H. The fourth-order valence-electron chi connectivity index (χ4n) is 3.32. The van der Waals surface area contributed by atoms with Crippen LogP contribution in [0.5, 0.6) is 0 Å². The van der Waals surface area contributed by atoms with Crippen LogP contribution in [0.25, 0.3) is 0 Å². The fraction of sp³-hybridized carbons (Fsp3) is 0.421. The van der Waals surface area contributed by atoms with Crippen molar-refractivity contribution in [1.82, 2.24) is 20.4 Å². The molecule has 0 atom stereocenters. The van der Waals surface area contributed by atoms with Gasteiger partial charge in [-0.2, -0.15) is 5.10 Å². The summed E-state index contributed by atoms with van der Waals surface area (Å²) in [6.07, 6.45) is 4.85. The van der Waals surface area contributed by atoms with Crippen LogP contribution in [0.3, 0.4) is 0 Å². The molecule has 0 aliphatic carbocycles. The molecule has 8 heteroatoms. The molecule has 1 saturated heterocycles. The van der Waals surface area contributed by atoms with Crippen LogP contribution >= 0.6 is 12.4 Å². The van der Waals surface area contributed by atoms with Crippen molar-refractivity contribution in [3.05, 3.63) is 47.8 Å². The second-order valence-corrected chi connectivity index (χ2v) is 6.58. The van der Waals surface area contributed by atoms with Crippen LogP contribution in [0.2, 0.25) is 0 Å². The Bertz CT molecular complexity index is 785. The van der Waals surface area contributed by atoms with E-state index >= 15 is 0 Å². The number of hydrogen-bond acceptors (Lipinski definition) is 4. The van der Waals surface area contributed by atoms with E-state index in [-0.39, 0.29) is 24.2 Å². The Morgan fingerprint density at radius 2 is 2.04 bits per heavy atom. The maximum absolute atomic E-state index is 13.2. The van der Waals surface area contributed by atoms with E-state index in [0.717, 1.165) is 18.7 Å². The van der Waals surface area contributed by atoms with Gasteiger partial charge in [0.1, 0.15) is 5.54 Å². The molecule has 0 spiro atoms. The molecule has 3 N–H and O–H groups in total. The van der Waals surface area contributed by atoms with Gasteiger partial charge < -0.3 is 16.0 Å². The molecular formula is C19H26ClN5O2. The van der Waals surface area contributed by atoms with Gasteiger partial charge in [-0.3, -0.25) is 14.3 Å². The normalized spacial score (nSPS) is 15.5. The average Bonchev–Trinajstić information content (AvgIpc) is 3.19. The van der Waals surface area contributed by atoms with Crippen LogP contribution in [0.4, 0.5) is 5.69 Å². The summed E-state index contributed by atoms with van der Waals surface area (Å²) in [6.45, 7) is 5.86. The van der Waals surface area contributed by atoms with Crippen molar-refractivity contribution in [2.75, 3.05) is 25.0 Å². The van der Waals surface area contributed by atoms with Gasteiger partial charge in [-0.05, 0) is 63.5 Å². The minimum absolute atomic E-state index is 0. The number of carbonyl (C=O) groups is 2. The van der Waals surface area contributed by atoms with E-state index in [1.54, 1.807) is 23.0 Å². The van der Waals surface area contributed by atoms with Crippen molar-refractivity contribution in [3.63, 3.8) is 0 Å². The van der Waals surface area contributed by atoms with E-state index in [1.165, 1.54) is 0 Å². The molecule has 0 radical (unpaired) electrons. The van der Waals surface area contributed by atoms with Crippen LogP contribution in [-0.4, -0.2) is 41.2 Å². The Balaban J connectivity index is 0.00000261. The van der Waals surface area contributed by atoms with E-state index in [1.807, 2.05) is 32.2 Å². The van der Waals surface area contributed by atoms with Crippen LogP contribution < -0.4 is 16.0 Å². The lowest BCUT2D eigenvalue weighted by Crippen LogP contribution is -2.52. The third kappa shape index (κ3) is 4.31. The van der Waals surface area contributed by atoms with Crippen molar-refractivity contribution in [3.8, 4) is 0 Å². The summed E-state index contributed by atoms with van der Waals surface area (Å²) in [5, 5.41) is 13.4. The molecule has 2 aromatic rings. The Morgan fingerprint density at radius 1 is 1.30 bits per heavy atom. The third-order valence-electron chi connectivity index (χ3n) is 4.88. The monoisotopic (exact) mass is 391 g/mol. The maximum Gasteiger partial charge on any atom is 0.252 e. The van der Waals surface area contributed by atoms with Gasteiger partial charge in [0.05, 0.1) is 0 Å². The molecule has 0 saturated carbocycles. The van der Waals surface area contributed by atoms with E-state index in [4.69, 9.17) is 0 Å². The number of aromatic nitrogens is 2. The molecule has 27 heavy (non-hydrogen) atoms. The second-order valence-electron chi connectivity index (χ2n) is 6.58. The summed E-state index contributed by atoms with van der Waals surface area (Å²) in [6, 6.07) is 7.18. The molecule has 7 nitrogen and oxygen atoms in total. The molecule has 3 rings (SSSR count). The predicted molar refractivity (Wildman–Crippen MR) is 107 cm³/mol. The molecule has 1 aliphatic rings.